The fourth-order valence-electron chi connectivity index (χ4n) is 8.28. The first-order chi connectivity index (χ1) is 32.8. The number of fused-ring (bicyclic) bond motifs is 5. The zero-order valence-electron chi connectivity index (χ0n) is 35.5. The summed E-state index contributed by atoms with van der Waals surface area (Å²) in [5.41, 5.74) is 1.64. The van der Waals surface area contributed by atoms with Gasteiger partial charge in [0.1, 0.15) is 71.2 Å². The predicted molar refractivity (Wildman–Crippen MR) is 259 cm³/mol. The highest BCUT2D eigenvalue weighted by Crippen LogP contribution is 2.61. The molecule has 0 radical (unpaired) electrons. The van der Waals surface area contributed by atoms with E-state index in [0.29, 0.717) is 21.3 Å². The number of hydrogen-bond acceptors (Lipinski definition) is 17. The van der Waals surface area contributed by atoms with Gasteiger partial charge in [-0.25, -0.2) is 0 Å². The maximum atomic E-state index is 13.9. The number of nitrogens with zero attached hydrogens (tertiary/aromatic N) is 8. The third-order valence-corrected chi connectivity index (χ3v) is 17.7. The zero-order chi connectivity index (χ0) is 48.3. The second kappa shape index (κ2) is 17.0. The quantitative estimate of drug-likeness (QED) is 0.111. The van der Waals surface area contributed by atoms with Gasteiger partial charge in [-0.1, -0.05) is 0 Å². The molecule has 0 amide bonds. The van der Waals surface area contributed by atoms with Gasteiger partial charge < -0.3 is 9.47 Å². The SMILES string of the molecule is COc1cc(/C=C2\C(=O)c3cc(C#N)c(C#N)cc3C2=C(C#N)C#N)sc1-c1cc2c(s1)-c1sc(-c3sc(/C=C4\C(=O)c5cc(C#N)c(C#N)cc5C4=C(C#N)C#N)cc3OC)cc1C(C)(C)S2. The number of benzene rings is 2. The number of thiophene rings is 4. The van der Waals surface area contributed by atoms with Gasteiger partial charge in [0.25, 0.3) is 0 Å². The first kappa shape index (κ1) is 44.6. The lowest BCUT2D eigenvalue weighted by Crippen LogP contribution is -2.14. The number of methoxy groups -OCH3 is 2. The summed E-state index contributed by atoms with van der Waals surface area (Å²) in [7, 11) is 3.10. The van der Waals surface area contributed by atoms with Gasteiger partial charge in [0.2, 0.25) is 0 Å². The highest BCUT2D eigenvalue weighted by molar-refractivity contribution is 8.00. The van der Waals surface area contributed by atoms with Crippen LogP contribution >= 0.6 is 57.1 Å². The van der Waals surface area contributed by atoms with Gasteiger partial charge in [0, 0.05) is 62.6 Å². The van der Waals surface area contributed by atoms with Gasteiger partial charge in [-0.05, 0) is 91.2 Å². The van der Waals surface area contributed by atoms with E-state index in [1.165, 1.54) is 46.9 Å². The predicted octanol–water partition coefficient (Wildman–Crippen LogP) is 11.9. The van der Waals surface area contributed by atoms with E-state index in [2.05, 4.69) is 26.0 Å². The van der Waals surface area contributed by atoms with Gasteiger partial charge in [0.15, 0.2) is 11.6 Å². The molecule has 0 fully saturated rings. The van der Waals surface area contributed by atoms with Crippen LogP contribution < -0.4 is 9.47 Å². The van der Waals surface area contributed by atoms with Crippen LogP contribution in [0.15, 0.2) is 75.7 Å². The van der Waals surface area contributed by atoms with Crippen molar-refractivity contribution in [3.8, 4) is 89.3 Å². The lowest BCUT2D eigenvalue weighted by atomic mass is 9.96. The highest BCUT2D eigenvalue weighted by Gasteiger charge is 2.39. The molecule has 0 saturated heterocycles. The summed E-state index contributed by atoms with van der Waals surface area (Å²) in [5, 5.41) is 78.4. The van der Waals surface area contributed by atoms with Gasteiger partial charge in [0.05, 0.1) is 56.0 Å². The van der Waals surface area contributed by atoms with E-state index in [1.807, 2.05) is 48.6 Å². The summed E-state index contributed by atoms with van der Waals surface area (Å²) in [6, 6.07) is 28.6. The Labute approximate surface area is 408 Å². The van der Waals surface area contributed by atoms with Crippen molar-refractivity contribution in [1.82, 2.24) is 0 Å². The van der Waals surface area contributed by atoms with E-state index in [9.17, 15) is 51.7 Å². The van der Waals surface area contributed by atoms with Crippen LogP contribution in [0.4, 0.5) is 0 Å². The molecule has 9 rings (SSSR count). The largest absolute Gasteiger partial charge is 0.495 e. The molecule has 320 valence electrons. The van der Waals surface area contributed by atoms with Gasteiger partial charge in [-0.2, -0.15) is 42.1 Å². The van der Waals surface area contributed by atoms with Crippen LogP contribution in [0.5, 0.6) is 11.5 Å². The number of ketones is 2. The summed E-state index contributed by atoms with van der Waals surface area (Å²) < 4.78 is 11.4. The fraction of sp³-hybridized carbons (Fsp3) is 0.0980. The third-order valence-electron chi connectivity index (χ3n) is 11.3. The maximum absolute atomic E-state index is 13.9. The van der Waals surface area contributed by atoms with Crippen LogP contribution in [0.25, 0.3) is 52.6 Å². The first-order valence-electron chi connectivity index (χ1n) is 19.7. The van der Waals surface area contributed by atoms with Crippen molar-refractivity contribution in [2.24, 2.45) is 0 Å². The van der Waals surface area contributed by atoms with Crippen LogP contribution in [0.1, 0.15) is 83.3 Å². The number of thioether (sulfide) groups is 1. The molecule has 2 aliphatic carbocycles. The van der Waals surface area contributed by atoms with Gasteiger partial charge >= 0.3 is 0 Å². The number of carbonyl (C=O) groups is 2. The molecule has 3 aliphatic rings. The molecule has 12 nitrogen and oxygen atoms in total. The summed E-state index contributed by atoms with van der Waals surface area (Å²) >= 11 is 7.63. The topological polar surface area (TPSA) is 243 Å². The van der Waals surface area contributed by atoms with Crippen LogP contribution in [-0.4, -0.2) is 25.8 Å². The van der Waals surface area contributed by atoms with E-state index >= 15 is 0 Å². The highest BCUT2D eigenvalue weighted by atomic mass is 32.2. The molecule has 5 heterocycles. The van der Waals surface area contributed by atoms with E-state index in [0.717, 1.165) is 39.7 Å². The summed E-state index contributed by atoms with van der Waals surface area (Å²) in [6.07, 6.45) is 3.21. The molecule has 0 N–H and O–H groups in total. The number of carbonyl (C=O) groups excluding carboxylic acids is 2. The molecule has 6 aromatic rings. The standard InChI is InChI=1S/C51H22N8O4S5/c1-51(2)37-13-40(48-38(62-3)11-29(64-48)9-35-43(27(19-56)20-57)31-5-23(15-52)25(17-54)7-33(31)45(35)60)66-47(37)50-42(68-51)14-41(67-50)49-39(63-4)12-30(65-49)10-36-44(28(21-58)22-59)32-6-24(16-53)26(18-55)8-34(32)46(36)61/h5-14H,1-4H3/b35-9-,36-10-. The molecular formula is C51H22N8O4S5. The Balaban J connectivity index is 1.11. The van der Waals surface area contributed by atoms with Crippen molar-refractivity contribution < 1.29 is 19.1 Å². The monoisotopic (exact) mass is 970 g/mol. The minimum absolute atomic E-state index is 0.00877. The molecule has 0 bridgehead atoms. The summed E-state index contributed by atoms with van der Waals surface area (Å²) in [4.78, 5) is 35.7. The lowest BCUT2D eigenvalue weighted by Gasteiger charge is -2.29. The van der Waals surface area contributed by atoms with Crippen molar-refractivity contribution in [1.29, 1.82) is 42.1 Å². The van der Waals surface area contributed by atoms with Crippen LogP contribution in [0, 0.1) is 90.6 Å². The Kier molecular flexibility index (Phi) is 11.2. The minimum Gasteiger partial charge on any atom is -0.495 e. The van der Waals surface area contributed by atoms with E-state index in [1.54, 1.807) is 72.9 Å². The molecule has 4 aromatic heterocycles. The Bertz CT molecular complexity index is 3830. The number of Topliss-reactive ketones (excluding diaryl/α,β-unsaturated/α-hetero) is 2. The second-order valence-electron chi connectivity index (χ2n) is 15.4. The van der Waals surface area contributed by atoms with Crippen molar-refractivity contribution in [2.45, 2.75) is 23.5 Å². The Hall–Kier alpha value is -8.59. The van der Waals surface area contributed by atoms with Crippen LogP contribution in [0.3, 0.4) is 0 Å². The number of hydrogen-bond donors (Lipinski definition) is 0. The van der Waals surface area contributed by atoms with E-state index in [-0.39, 0.29) is 82.7 Å². The summed E-state index contributed by atoms with van der Waals surface area (Å²) in [6.45, 7) is 4.30. The molecular weight excluding hydrogens is 949 g/mol. The molecule has 0 atom stereocenters. The first-order valence-corrected chi connectivity index (χ1v) is 23.8. The van der Waals surface area contributed by atoms with E-state index < -0.39 is 11.6 Å². The average Bonchev–Trinajstić information content (AvgIpc) is 4.21. The fourth-order valence-corrected chi connectivity index (χ4v) is 14.8. The Morgan fingerprint density at radius 3 is 1.31 bits per heavy atom. The van der Waals surface area contributed by atoms with Crippen LogP contribution in [0.2, 0.25) is 0 Å². The molecule has 0 unspecified atom stereocenters. The van der Waals surface area contributed by atoms with Crippen LogP contribution in [-0.2, 0) is 4.75 Å². The van der Waals surface area contributed by atoms with Crippen molar-refractivity contribution in [3.63, 3.8) is 0 Å². The van der Waals surface area contributed by atoms with Gasteiger partial charge in [-0.15, -0.1) is 57.1 Å². The third kappa shape index (κ3) is 6.93. The number of nitriles is 8. The Morgan fingerprint density at radius 1 is 0.515 bits per heavy atom. The molecule has 0 spiro atoms. The maximum Gasteiger partial charge on any atom is 0.194 e. The average molecular weight is 971 g/mol. The molecule has 68 heavy (non-hydrogen) atoms. The van der Waals surface area contributed by atoms with Crippen molar-refractivity contribution in [3.05, 3.63) is 131 Å². The smallest absolute Gasteiger partial charge is 0.194 e. The second-order valence-corrected chi connectivity index (χ2v) is 21.4. The zero-order valence-corrected chi connectivity index (χ0v) is 39.6. The van der Waals surface area contributed by atoms with Gasteiger partial charge in [-0.3, -0.25) is 9.59 Å². The molecule has 17 heteroatoms. The van der Waals surface area contributed by atoms with Crippen molar-refractivity contribution in [2.75, 3.05) is 14.2 Å². The summed E-state index contributed by atoms with van der Waals surface area (Å²) in [5.74, 6) is 0.123. The number of ether oxygens (including phenoxy) is 2. The molecule has 0 saturated carbocycles. The number of allylic oxidation sites excluding steroid dienone is 6. The van der Waals surface area contributed by atoms with E-state index in [4.69, 9.17) is 9.47 Å². The molecule has 1 aliphatic heterocycles. The lowest BCUT2D eigenvalue weighted by molar-refractivity contribution is 0.103. The number of rotatable bonds is 6. The Morgan fingerprint density at radius 2 is 0.912 bits per heavy atom. The molecule has 2 aromatic carbocycles. The van der Waals surface area contributed by atoms with Crippen molar-refractivity contribution >= 4 is 92.0 Å². The minimum atomic E-state index is -0.484. The normalized spacial score (nSPS) is 14.8.